The minimum absolute atomic E-state index is 0.120. The average Bonchev–Trinajstić information content (AvgIpc) is 2.84. The molecule has 1 atom stereocenters. The second-order valence-corrected chi connectivity index (χ2v) is 7.70. The van der Waals surface area contributed by atoms with E-state index in [0.29, 0.717) is 0 Å². The minimum atomic E-state index is 0.120. The fraction of sp³-hybridized carbons (Fsp3) is 0.667. The number of rotatable bonds is 5. The third-order valence-corrected chi connectivity index (χ3v) is 4.41. The molecule has 0 spiro atoms. The molecule has 21 heavy (non-hydrogen) atoms. The van der Waals surface area contributed by atoms with Crippen molar-refractivity contribution < 1.29 is 0 Å². The van der Waals surface area contributed by atoms with Gasteiger partial charge in [-0.1, -0.05) is 24.9 Å². The van der Waals surface area contributed by atoms with Crippen LogP contribution in [0.15, 0.2) is 18.2 Å². The number of nitrogens with one attached hydrogen (secondary N) is 1. The van der Waals surface area contributed by atoms with Crippen molar-refractivity contribution >= 4 is 17.3 Å². The van der Waals surface area contributed by atoms with Crippen LogP contribution in [0.2, 0.25) is 5.02 Å². The number of halogens is 1. The summed E-state index contributed by atoms with van der Waals surface area (Å²) >= 11 is 6.21. The number of benzene rings is 1. The second-order valence-electron chi connectivity index (χ2n) is 7.27. The summed E-state index contributed by atoms with van der Waals surface area (Å²) in [6, 6.07) is 6.32. The Morgan fingerprint density at radius 1 is 1.33 bits per heavy atom. The molecule has 1 aliphatic rings. The zero-order chi connectivity index (χ0) is 15.5. The van der Waals surface area contributed by atoms with Gasteiger partial charge in [0.25, 0.3) is 0 Å². The van der Waals surface area contributed by atoms with E-state index >= 15 is 0 Å². The lowest BCUT2D eigenvalue weighted by atomic mass is 10.0. The van der Waals surface area contributed by atoms with Gasteiger partial charge in [-0.15, -0.1) is 0 Å². The van der Waals surface area contributed by atoms with Crippen LogP contribution in [0.25, 0.3) is 0 Å². The van der Waals surface area contributed by atoms with Crippen LogP contribution in [0.1, 0.15) is 52.5 Å². The standard InChI is InChI=1S/C18H29ClN2/c1-5-6-14-9-10-21(13-14)17-8-7-16(19)11-15(17)12-20-18(2,3)4/h7-8,11,14,20H,5-6,9-10,12-13H2,1-4H3. The Morgan fingerprint density at radius 3 is 2.76 bits per heavy atom. The van der Waals surface area contributed by atoms with E-state index in [-0.39, 0.29) is 5.54 Å². The Kier molecular flexibility index (Phi) is 5.56. The molecule has 0 bridgehead atoms. The maximum atomic E-state index is 6.21. The maximum Gasteiger partial charge on any atom is 0.0412 e. The average molecular weight is 309 g/mol. The van der Waals surface area contributed by atoms with Gasteiger partial charge in [-0.3, -0.25) is 0 Å². The quantitative estimate of drug-likeness (QED) is 0.836. The number of nitrogens with zero attached hydrogens (tertiary/aromatic N) is 1. The zero-order valence-corrected chi connectivity index (χ0v) is 14.6. The predicted molar refractivity (Wildman–Crippen MR) is 93.3 cm³/mol. The molecule has 0 amide bonds. The smallest absolute Gasteiger partial charge is 0.0412 e. The topological polar surface area (TPSA) is 15.3 Å². The molecule has 1 heterocycles. The summed E-state index contributed by atoms with van der Waals surface area (Å²) in [6.45, 7) is 12.1. The highest BCUT2D eigenvalue weighted by atomic mass is 35.5. The van der Waals surface area contributed by atoms with Crippen molar-refractivity contribution in [3.8, 4) is 0 Å². The van der Waals surface area contributed by atoms with Gasteiger partial charge in [0.2, 0.25) is 0 Å². The summed E-state index contributed by atoms with van der Waals surface area (Å²) < 4.78 is 0. The fourth-order valence-corrected chi connectivity index (χ4v) is 3.25. The highest BCUT2D eigenvalue weighted by Crippen LogP contribution is 2.31. The molecule has 0 aromatic heterocycles. The summed E-state index contributed by atoms with van der Waals surface area (Å²) in [5, 5.41) is 4.41. The van der Waals surface area contributed by atoms with Gasteiger partial charge < -0.3 is 10.2 Å². The van der Waals surface area contributed by atoms with Crippen LogP contribution >= 0.6 is 11.6 Å². The van der Waals surface area contributed by atoms with Gasteiger partial charge in [-0.05, 0) is 63.3 Å². The van der Waals surface area contributed by atoms with Crippen molar-refractivity contribution in [3.63, 3.8) is 0 Å². The van der Waals surface area contributed by atoms with Crippen molar-refractivity contribution in [3.05, 3.63) is 28.8 Å². The lowest BCUT2D eigenvalue weighted by molar-refractivity contribution is 0.424. The summed E-state index contributed by atoms with van der Waals surface area (Å²) in [6.07, 6.45) is 3.96. The van der Waals surface area contributed by atoms with E-state index in [2.05, 4.69) is 50.0 Å². The lowest BCUT2D eigenvalue weighted by Crippen LogP contribution is -2.35. The Morgan fingerprint density at radius 2 is 2.10 bits per heavy atom. The van der Waals surface area contributed by atoms with E-state index in [0.717, 1.165) is 17.5 Å². The highest BCUT2D eigenvalue weighted by molar-refractivity contribution is 6.30. The molecule has 1 unspecified atom stereocenters. The lowest BCUT2D eigenvalue weighted by Gasteiger charge is -2.26. The Hall–Kier alpha value is -0.730. The number of anilines is 1. The van der Waals surface area contributed by atoms with Crippen LogP contribution in [-0.4, -0.2) is 18.6 Å². The molecule has 2 rings (SSSR count). The maximum absolute atomic E-state index is 6.21. The van der Waals surface area contributed by atoms with E-state index in [1.54, 1.807) is 0 Å². The van der Waals surface area contributed by atoms with Crippen molar-refractivity contribution in [2.45, 2.75) is 59.0 Å². The van der Waals surface area contributed by atoms with Crippen LogP contribution in [0.4, 0.5) is 5.69 Å². The minimum Gasteiger partial charge on any atom is -0.371 e. The first kappa shape index (κ1) is 16.6. The van der Waals surface area contributed by atoms with Gasteiger partial charge in [0.05, 0.1) is 0 Å². The van der Waals surface area contributed by atoms with Gasteiger partial charge in [0.1, 0.15) is 0 Å². The number of hydrogen-bond donors (Lipinski definition) is 1. The Balaban J connectivity index is 2.12. The SMILES string of the molecule is CCCC1CCN(c2ccc(Cl)cc2CNC(C)(C)C)C1. The summed E-state index contributed by atoms with van der Waals surface area (Å²) in [4.78, 5) is 2.54. The van der Waals surface area contributed by atoms with Crippen LogP contribution in [0.3, 0.4) is 0 Å². The van der Waals surface area contributed by atoms with E-state index in [9.17, 15) is 0 Å². The third-order valence-electron chi connectivity index (χ3n) is 4.17. The van der Waals surface area contributed by atoms with Crippen molar-refractivity contribution in [1.82, 2.24) is 5.32 Å². The van der Waals surface area contributed by atoms with Crippen molar-refractivity contribution in [2.75, 3.05) is 18.0 Å². The molecule has 2 nitrogen and oxygen atoms in total. The van der Waals surface area contributed by atoms with Gasteiger partial charge in [0, 0.05) is 35.9 Å². The molecule has 0 saturated carbocycles. The molecule has 1 N–H and O–H groups in total. The zero-order valence-electron chi connectivity index (χ0n) is 13.9. The molecule has 3 heteroatoms. The fourth-order valence-electron chi connectivity index (χ4n) is 3.06. The second kappa shape index (κ2) is 7.02. The van der Waals surface area contributed by atoms with E-state index in [1.807, 2.05) is 6.07 Å². The molecule has 1 aromatic rings. The summed E-state index contributed by atoms with van der Waals surface area (Å²) in [7, 11) is 0. The van der Waals surface area contributed by atoms with Crippen molar-refractivity contribution in [2.24, 2.45) is 5.92 Å². The van der Waals surface area contributed by atoms with Crippen molar-refractivity contribution in [1.29, 1.82) is 0 Å². The predicted octanol–water partition coefficient (Wildman–Crippen LogP) is 4.85. The Labute approximate surface area is 134 Å². The van der Waals surface area contributed by atoms with E-state index < -0.39 is 0 Å². The first-order chi connectivity index (χ1) is 9.89. The first-order valence-electron chi connectivity index (χ1n) is 8.17. The van der Waals surface area contributed by atoms with Gasteiger partial charge in [-0.25, -0.2) is 0 Å². The van der Waals surface area contributed by atoms with Crippen LogP contribution < -0.4 is 10.2 Å². The monoisotopic (exact) mass is 308 g/mol. The van der Waals surface area contributed by atoms with Gasteiger partial charge >= 0.3 is 0 Å². The largest absolute Gasteiger partial charge is 0.371 e. The molecule has 0 radical (unpaired) electrons. The highest BCUT2D eigenvalue weighted by Gasteiger charge is 2.23. The van der Waals surface area contributed by atoms with E-state index in [4.69, 9.17) is 11.6 Å². The van der Waals surface area contributed by atoms with E-state index in [1.165, 1.54) is 43.6 Å². The summed E-state index contributed by atoms with van der Waals surface area (Å²) in [5.74, 6) is 0.856. The van der Waals surface area contributed by atoms with Crippen LogP contribution in [0, 0.1) is 5.92 Å². The Bertz CT molecular complexity index is 465. The van der Waals surface area contributed by atoms with Gasteiger partial charge in [-0.2, -0.15) is 0 Å². The molecule has 118 valence electrons. The first-order valence-corrected chi connectivity index (χ1v) is 8.55. The van der Waals surface area contributed by atoms with Crippen LogP contribution in [-0.2, 0) is 6.54 Å². The number of hydrogen-bond acceptors (Lipinski definition) is 2. The van der Waals surface area contributed by atoms with Gasteiger partial charge in [0.15, 0.2) is 0 Å². The molecule has 1 saturated heterocycles. The molecule has 0 aliphatic carbocycles. The normalized spacial score (nSPS) is 19.3. The third kappa shape index (κ3) is 4.89. The molecule has 1 aliphatic heterocycles. The summed E-state index contributed by atoms with van der Waals surface area (Å²) in [5.41, 5.74) is 2.79. The molecule has 1 aromatic carbocycles. The molecular formula is C18H29ClN2. The molecule has 1 fully saturated rings. The van der Waals surface area contributed by atoms with Crippen LogP contribution in [0.5, 0.6) is 0 Å². The molecular weight excluding hydrogens is 280 g/mol.